The lowest BCUT2D eigenvalue weighted by atomic mass is 9.59. The summed E-state index contributed by atoms with van der Waals surface area (Å²) >= 11 is 0. The Bertz CT molecular complexity index is 3220. The van der Waals surface area contributed by atoms with E-state index in [4.69, 9.17) is 67.2 Å². The minimum absolute atomic E-state index is 0.164. The Labute approximate surface area is 341 Å². The van der Waals surface area contributed by atoms with E-state index >= 15 is 0 Å². The van der Waals surface area contributed by atoms with Crippen LogP contribution in [-0.4, -0.2) is 62.8 Å². The molecule has 0 amide bonds. The molecule has 57 heavy (non-hydrogen) atoms. The number of hydrogen-bond donors (Lipinski definition) is 0. The van der Waals surface area contributed by atoms with Gasteiger partial charge in [0, 0.05) is 10.8 Å². The van der Waals surface area contributed by atoms with Crippen LogP contribution in [0.15, 0.2) is 138 Å². The molecule has 0 saturated heterocycles. The average molecular weight is 701 g/mol. The molecule has 0 aliphatic rings. The Morgan fingerprint density at radius 3 is 1.21 bits per heavy atom. The highest BCUT2D eigenvalue weighted by Gasteiger charge is 2.25. The molecule has 10 rings (SSSR count). The van der Waals surface area contributed by atoms with Crippen molar-refractivity contribution >= 4 is 161 Å². The fourth-order valence-electron chi connectivity index (χ4n) is 8.54. The number of furan rings is 1. The van der Waals surface area contributed by atoms with Crippen molar-refractivity contribution in [3.63, 3.8) is 0 Å². The molecule has 0 unspecified atom stereocenters. The maximum atomic E-state index is 7.03. The van der Waals surface area contributed by atoms with Gasteiger partial charge in [-0.2, -0.15) is 0 Å². The molecule has 9 heteroatoms. The highest BCUT2D eigenvalue weighted by molar-refractivity contribution is 6.71. The highest BCUT2D eigenvalue weighted by atomic mass is 16.3. The average Bonchev–Trinajstić information content (AvgIpc) is 3.64. The van der Waals surface area contributed by atoms with Gasteiger partial charge in [0.15, 0.2) is 0 Å². The third-order valence-corrected chi connectivity index (χ3v) is 11.5. The van der Waals surface area contributed by atoms with Gasteiger partial charge in [-0.25, -0.2) is 0 Å². The number of rotatable bonds is 4. The maximum absolute atomic E-state index is 7.03. The molecule has 0 N–H and O–H groups in total. The van der Waals surface area contributed by atoms with Crippen LogP contribution >= 0.6 is 0 Å². The Morgan fingerprint density at radius 1 is 0.281 bits per heavy atom. The van der Waals surface area contributed by atoms with Crippen molar-refractivity contribution in [2.75, 3.05) is 0 Å². The van der Waals surface area contributed by atoms with Gasteiger partial charge in [0.25, 0.3) is 0 Å². The summed E-state index contributed by atoms with van der Waals surface area (Å²) in [7, 11) is 54.6. The Morgan fingerprint density at radius 2 is 0.684 bits per heavy atom. The second kappa shape index (κ2) is 13.3. The first-order valence-electron chi connectivity index (χ1n) is 18.5. The summed E-state index contributed by atoms with van der Waals surface area (Å²) in [6.07, 6.45) is 0. The second-order valence-electron chi connectivity index (χ2n) is 14.6. The van der Waals surface area contributed by atoms with Crippen molar-refractivity contribution in [3.05, 3.63) is 133 Å². The zero-order valence-corrected chi connectivity index (χ0v) is 30.7. The van der Waals surface area contributed by atoms with Crippen molar-refractivity contribution in [1.29, 1.82) is 0 Å². The molecule has 0 aliphatic carbocycles. The summed E-state index contributed by atoms with van der Waals surface area (Å²) in [5.74, 6) is 0. The van der Waals surface area contributed by atoms with Gasteiger partial charge in [0.05, 0.1) is 0 Å². The lowest BCUT2D eigenvalue weighted by Gasteiger charge is -2.28. The molecule has 0 spiro atoms. The number of hydrogen-bond acceptors (Lipinski definition) is 1. The van der Waals surface area contributed by atoms with Crippen LogP contribution in [-0.2, 0) is 0 Å². The Hall–Kier alpha value is -5.92. The van der Waals surface area contributed by atoms with Crippen LogP contribution in [0.25, 0.3) is 98.8 Å². The highest BCUT2D eigenvalue weighted by Crippen LogP contribution is 2.43. The van der Waals surface area contributed by atoms with Crippen LogP contribution < -0.4 is 43.7 Å². The number of benzene rings is 9. The second-order valence-corrected chi connectivity index (χ2v) is 14.6. The first-order chi connectivity index (χ1) is 27.6. The predicted octanol–water partition coefficient (Wildman–Crippen LogP) is 4.06. The van der Waals surface area contributed by atoms with Gasteiger partial charge in [-0.1, -0.05) is 137 Å². The van der Waals surface area contributed by atoms with Gasteiger partial charge in [0.2, 0.25) is 0 Å². The van der Waals surface area contributed by atoms with Crippen LogP contribution in [0, 0.1) is 0 Å². The van der Waals surface area contributed by atoms with E-state index in [9.17, 15) is 0 Å². The monoisotopic (exact) mass is 702 g/mol. The van der Waals surface area contributed by atoms with Gasteiger partial charge in [-0.05, 0) is 95.0 Å². The SMILES string of the molecule is [B]c1c([B])c([B])c2c(-c3ccc4oc5ccc6ccccc6c5c4c3)c3c([B])c([B])c([B])c([B])c3c(-c3ccc(-c4ccc(-c5ccccc5)cc4)cc3)c2c1[B]. The van der Waals surface area contributed by atoms with Crippen molar-refractivity contribution < 1.29 is 4.42 Å². The third kappa shape index (κ3) is 5.35. The third-order valence-electron chi connectivity index (χ3n) is 11.5. The summed E-state index contributed by atoms with van der Waals surface area (Å²) in [5, 5.41) is 6.31. The van der Waals surface area contributed by atoms with E-state index in [0.29, 0.717) is 32.7 Å². The molecule has 0 atom stereocenters. The predicted molar refractivity (Wildman–Crippen MR) is 251 cm³/mol. The van der Waals surface area contributed by atoms with E-state index in [0.717, 1.165) is 66.1 Å². The smallest absolute Gasteiger partial charge is 0.136 e. The lowest BCUT2D eigenvalue weighted by Crippen LogP contribution is -2.50. The van der Waals surface area contributed by atoms with Crippen LogP contribution in [0.3, 0.4) is 0 Å². The summed E-state index contributed by atoms with van der Waals surface area (Å²) in [6, 6.07) is 45.1. The first-order valence-corrected chi connectivity index (χ1v) is 18.5. The Balaban J connectivity index is 1.27. The van der Waals surface area contributed by atoms with Gasteiger partial charge in [0.1, 0.15) is 73.9 Å². The van der Waals surface area contributed by atoms with Gasteiger partial charge >= 0.3 is 0 Å². The van der Waals surface area contributed by atoms with E-state index < -0.39 is 0 Å². The molecule has 1 nitrogen and oxygen atoms in total. The van der Waals surface area contributed by atoms with E-state index in [-0.39, 0.29) is 43.7 Å². The van der Waals surface area contributed by atoms with Gasteiger partial charge in [-0.15, -0.1) is 21.9 Å². The molecule has 16 radical (unpaired) electrons. The maximum Gasteiger partial charge on any atom is 0.136 e. The Kier molecular flexibility index (Phi) is 8.31. The van der Waals surface area contributed by atoms with E-state index in [1.807, 2.05) is 60.7 Å². The summed E-state index contributed by atoms with van der Waals surface area (Å²) in [6.45, 7) is 0. The van der Waals surface area contributed by atoms with Gasteiger partial charge in [-0.3, -0.25) is 0 Å². The van der Waals surface area contributed by atoms with Crippen molar-refractivity contribution in [2.45, 2.75) is 0 Å². The van der Waals surface area contributed by atoms with E-state index in [2.05, 4.69) is 72.8 Å². The molecule has 0 aliphatic heterocycles. The lowest BCUT2D eigenvalue weighted by molar-refractivity contribution is 0.669. The van der Waals surface area contributed by atoms with Crippen LogP contribution in [0.5, 0.6) is 0 Å². The summed E-state index contributed by atoms with van der Waals surface area (Å²) < 4.78 is 6.36. The van der Waals surface area contributed by atoms with Gasteiger partial charge < -0.3 is 4.42 Å². The van der Waals surface area contributed by atoms with Crippen LogP contribution in [0.1, 0.15) is 0 Å². The van der Waals surface area contributed by atoms with Crippen LogP contribution in [0.4, 0.5) is 0 Å². The van der Waals surface area contributed by atoms with Crippen LogP contribution in [0.2, 0.25) is 0 Å². The normalized spacial score (nSPS) is 11.7. The molecular weight excluding hydrogens is 679 g/mol. The molecule has 0 bridgehead atoms. The van der Waals surface area contributed by atoms with Crippen molar-refractivity contribution in [1.82, 2.24) is 0 Å². The molecule has 1 aromatic heterocycles. The standard InChI is InChI=1S/C48H22B8O/c49-41-37-34(28-16-14-26(15-17-28)25-12-10-24(11-13-25)23-6-2-1-3-7-23)38-40(44(52)48(56)46(54)42(38)50)35(39(37)43(51)47(55)45(41)53)29-19-20-32-31(22-29)36-30-9-5-4-8-27(30)18-21-33(36)57-32/h1-22H. The molecule has 10 aromatic rings. The topological polar surface area (TPSA) is 13.1 Å². The quantitative estimate of drug-likeness (QED) is 0.200. The fraction of sp³-hybridized carbons (Fsp3) is 0. The minimum atomic E-state index is 0.164. The van der Waals surface area contributed by atoms with E-state index in [1.165, 1.54) is 0 Å². The van der Waals surface area contributed by atoms with Crippen molar-refractivity contribution in [3.8, 4) is 44.5 Å². The molecule has 1 heterocycles. The van der Waals surface area contributed by atoms with Crippen molar-refractivity contribution in [2.24, 2.45) is 0 Å². The molecule has 0 saturated carbocycles. The zero-order valence-electron chi connectivity index (χ0n) is 30.7. The summed E-state index contributed by atoms with van der Waals surface area (Å²) in [5.41, 5.74) is 10.4. The molecule has 9 aromatic carbocycles. The first kappa shape index (κ1) is 35.5. The largest absolute Gasteiger partial charge is 0.456 e. The minimum Gasteiger partial charge on any atom is -0.456 e. The number of fused-ring (bicyclic) bond motifs is 7. The zero-order chi connectivity index (χ0) is 39.3. The summed E-state index contributed by atoms with van der Waals surface area (Å²) in [4.78, 5) is 0. The molecular formula is C48H22B8O. The molecule has 0 fully saturated rings. The fourth-order valence-corrected chi connectivity index (χ4v) is 8.54. The van der Waals surface area contributed by atoms with E-state index in [1.54, 1.807) is 0 Å². The molecule has 244 valence electrons.